The van der Waals surface area contributed by atoms with Gasteiger partial charge in [-0.3, -0.25) is 19.7 Å². The molecule has 3 N–H and O–H groups in total. The van der Waals surface area contributed by atoms with Gasteiger partial charge in [0.25, 0.3) is 11.6 Å². The fourth-order valence-corrected chi connectivity index (χ4v) is 3.18. The van der Waals surface area contributed by atoms with Gasteiger partial charge in [0, 0.05) is 29.2 Å². The summed E-state index contributed by atoms with van der Waals surface area (Å²) in [6.07, 6.45) is 2.87. The van der Waals surface area contributed by atoms with Gasteiger partial charge < -0.3 is 11.1 Å². The average Bonchev–Trinajstić information content (AvgIpc) is 2.54. The van der Waals surface area contributed by atoms with Crippen LogP contribution in [0.5, 0.6) is 0 Å². The lowest BCUT2D eigenvalue weighted by Crippen LogP contribution is -2.41. The predicted octanol–water partition coefficient (Wildman–Crippen LogP) is 2.49. The minimum absolute atomic E-state index is 0.00261. The quantitative estimate of drug-likeness (QED) is 0.636. The summed E-state index contributed by atoms with van der Waals surface area (Å²) in [4.78, 5) is 34.5. The SMILES string of the molecule is CC(C)c1ccc(C(=O)NC2CCCC(C(N)=O)C2)cc1[N+](=O)[O-]. The lowest BCUT2D eigenvalue weighted by atomic mass is 9.85. The molecule has 24 heavy (non-hydrogen) atoms. The van der Waals surface area contributed by atoms with Crippen LogP contribution < -0.4 is 11.1 Å². The minimum Gasteiger partial charge on any atom is -0.369 e. The number of nitro groups is 1. The number of nitrogens with zero attached hydrogens (tertiary/aromatic N) is 1. The van der Waals surface area contributed by atoms with Crippen molar-refractivity contribution in [1.82, 2.24) is 5.32 Å². The first-order valence-electron chi connectivity index (χ1n) is 8.18. The Morgan fingerprint density at radius 3 is 2.62 bits per heavy atom. The Kier molecular flexibility index (Phi) is 5.54. The molecule has 0 spiro atoms. The van der Waals surface area contributed by atoms with Crippen molar-refractivity contribution in [2.45, 2.75) is 51.5 Å². The molecular formula is C17H23N3O4. The Morgan fingerprint density at radius 2 is 2.04 bits per heavy atom. The van der Waals surface area contributed by atoms with E-state index in [0.29, 0.717) is 12.0 Å². The van der Waals surface area contributed by atoms with E-state index in [-0.39, 0.29) is 40.9 Å². The van der Waals surface area contributed by atoms with Crippen LogP contribution in [0.3, 0.4) is 0 Å². The Bertz CT molecular complexity index is 657. The molecule has 0 heterocycles. The number of rotatable bonds is 5. The van der Waals surface area contributed by atoms with Crippen molar-refractivity contribution in [1.29, 1.82) is 0 Å². The number of primary amides is 1. The van der Waals surface area contributed by atoms with Crippen molar-refractivity contribution < 1.29 is 14.5 Å². The Hall–Kier alpha value is -2.44. The molecule has 0 radical (unpaired) electrons. The van der Waals surface area contributed by atoms with Gasteiger partial charge in [-0.1, -0.05) is 26.3 Å². The van der Waals surface area contributed by atoms with Crippen LogP contribution in [0.15, 0.2) is 18.2 Å². The summed E-state index contributed by atoms with van der Waals surface area (Å²) < 4.78 is 0. The van der Waals surface area contributed by atoms with Gasteiger partial charge in [-0.2, -0.15) is 0 Å². The molecule has 2 atom stereocenters. The molecule has 2 rings (SSSR count). The molecule has 2 amide bonds. The molecule has 0 aromatic heterocycles. The van der Waals surface area contributed by atoms with E-state index in [4.69, 9.17) is 5.73 Å². The topological polar surface area (TPSA) is 115 Å². The second-order valence-corrected chi connectivity index (χ2v) is 6.62. The van der Waals surface area contributed by atoms with E-state index in [1.807, 2.05) is 13.8 Å². The molecular weight excluding hydrogens is 310 g/mol. The summed E-state index contributed by atoms with van der Waals surface area (Å²) in [6, 6.07) is 4.42. The summed E-state index contributed by atoms with van der Waals surface area (Å²) in [5.41, 5.74) is 6.15. The summed E-state index contributed by atoms with van der Waals surface area (Å²) in [5.74, 6) is -0.923. The summed E-state index contributed by atoms with van der Waals surface area (Å²) >= 11 is 0. The van der Waals surface area contributed by atoms with Crippen LogP contribution in [0.2, 0.25) is 0 Å². The van der Waals surface area contributed by atoms with E-state index in [9.17, 15) is 19.7 Å². The van der Waals surface area contributed by atoms with Crippen molar-refractivity contribution in [3.05, 3.63) is 39.4 Å². The van der Waals surface area contributed by atoms with Crippen LogP contribution in [0.1, 0.15) is 61.4 Å². The van der Waals surface area contributed by atoms with E-state index >= 15 is 0 Å². The molecule has 7 nitrogen and oxygen atoms in total. The van der Waals surface area contributed by atoms with Crippen LogP contribution in [0.4, 0.5) is 5.69 Å². The molecule has 130 valence electrons. The first kappa shape index (κ1) is 17.9. The smallest absolute Gasteiger partial charge is 0.273 e. The van der Waals surface area contributed by atoms with Crippen LogP contribution >= 0.6 is 0 Å². The van der Waals surface area contributed by atoms with E-state index in [1.165, 1.54) is 6.07 Å². The molecule has 1 aromatic carbocycles. The molecule has 0 aliphatic heterocycles. The third-order valence-corrected chi connectivity index (χ3v) is 4.52. The monoisotopic (exact) mass is 333 g/mol. The number of nitrogens with two attached hydrogens (primary N) is 1. The van der Waals surface area contributed by atoms with Crippen LogP contribution in [0, 0.1) is 16.0 Å². The zero-order valence-corrected chi connectivity index (χ0v) is 14.0. The number of hydrogen-bond donors (Lipinski definition) is 2. The van der Waals surface area contributed by atoms with Gasteiger partial charge in [-0.25, -0.2) is 0 Å². The van der Waals surface area contributed by atoms with Crippen LogP contribution in [-0.4, -0.2) is 22.8 Å². The fourth-order valence-electron chi connectivity index (χ4n) is 3.18. The van der Waals surface area contributed by atoms with Crippen molar-refractivity contribution >= 4 is 17.5 Å². The van der Waals surface area contributed by atoms with E-state index in [0.717, 1.165) is 19.3 Å². The second kappa shape index (κ2) is 7.42. The summed E-state index contributed by atoms with van der Waals surface area (Å²) in [5, 5.41) is 14.1. The number of nitro benzene ring substituents is 1. The molecule has 1 fully saturated rings. The highest BCUT2D eigenvalue weighted by atomic mass is 16.6. The average molecular weight is 333 g/mol. The largest absolute Gasteiger partial charge is 0.369 e. The van der Waals surface area contributed by atoms with Crippen LogP contribution in [0.25, 0.3) is 0 Å². The van der Waals surface area contributed by atoms with Gasteiger partial charge in [0.2, 0.25) is 5.91 Å². The molecule has 1 aromatic rings. The molecule has 1 aliphatic rings. The van der Waals surface area contributed by atoms with Gasteiger partial charge in [0.15, 0.2) is 0 Å². The zero-order valence-electron chi connectivity index (χ0n) is 14.0. The van der Waals surface area contributed by atoms with Gasteiger partial charge in [-0.05, 0) is 31.2 Å². The highest BCUT2D eigenvalue weighted by Crippen LogP contribution is 2.28. The van der Waals surface area contributed by atoms with Crippen molar-refractivity contribution in [2.75, 3.05) is 0 Å². The predicted molar refractivity (Wildman–Crippen MR) is 89.6 cm³/mol. The lowest BCUT2D eigenvalue weighted by Gasteiger charge is -2.27. The van der Waals surface area contributed by atoms with Gasteiger partial charge in [0.05, 0.1) is 4.92 Å². The highest BCUT2D eigenvalue weighted by molar-refractivity contribution is 5.95. The summed E-state index contributed by atoms with van der Waals surface area (Å²) in [6.45, 7) is 3.74. The first-order valence-corrected chi connectivity index (χ1v) is 8.18. The molecule has 0 bridgehead atoms. The highest BCUT2D eigenvalue weighted by Gasteiger charge is 2.27. The zero-order chi connectivity index (χ0) is 17.9. The van der Waals surface area contributed by atoms with E-state index in [1.54, 1.807) is 12.1 Å². The Morgan fingerprint density at radius 1 is 1.33 bits per heavy atom. The van der Waals surface area contributed by atoms with E-state index in [2.05, 4.69) is 5.32 Å². The minimum atomic E-state index is -0.462. The number of amides is 2. The Labute approximate surface area is 140 Å². The van der Waals surface area contributed by atoms with Gasteiger partial charge >= 0.3 is 0 Å². The molecule has 7 heteroatoms. The maximum atomic E-state index is 12.4. The number of carbonyl (C=O) groups is 2. The number of nitrogens with one attached hydrogen (secondary N) is 1. The normalized spacial score (nSPS) is 20.6. The van der Waals surface area contributed by atoms with E-state index < -0.39 is 4.92 Å². The van der Waals surface area contributed by atoms with Crippen molar-refractivity contribution in [2.24, 2.45) is 11.7 Å². The number of benzene rings is 1. The summed E-state index contributed by atoms with van der Waals surface area (Å²) in [7, 11) is 0. The molecule has 1 aliphatic carbocycles. The Balaban J connectivity index is 2.13. The lowest BCUT2D eigenvalue weighted by molar-refractivity contribution is -0.385. The molecule has 2 unspecified atom stereocenters. The maximum absolute atomic E-state index is 12.4. The van der Waals surface area contributed by atoms with Gasteiger partial charge in [-0.15, -0.1) is 0 Å². The molecule has 1 saturated carbocycles. The third kappa shape index (κ3) is 4.10. The fraction of sp³-hybridized carbons (Fsp3) is 0.529. The number of carbonyl (C=O) groups excluding carboxylic acids is 2. The first-order chi connectivity index (χ1) is 11.3. The standard InChI is InChI=1S/C17H23N3O4/c1-10(2)14-7-6-12(9-15(14)20(23)24)17(22)19-13-5-3-4-11(8-13)16(18)21/h6-7,9-11,13H,3-5,8H2,1-2H3,(H2,18,21)(H,19,22). The van der Waals surface area contributed by atoms with Crippen molar-refractivity contribution in [3.8, 4) is 0 Å². The van der Waals surface area contributed by atoms with Crippen molar-refractivity contribution in [3.63, 3.8) is 0 Å². The van der Waals surface area contributed by atoms with Gasteiger partial charge in [0.1, 0.15) is 0 Å². The van der Waals surface area contributed by atoms with Crippen LogP contribution in [-0.2, 0) is 4.79 Å². The number of hydrogen-bond acceptors (Lipinski definition) is 4. The maximum Gasteiger partial charge on any atom is 0.273 e. The molecule has 0 saturated heterocycles. The third-order valence-electron chi connectivity index (χ3n) is 4.52. The second-order valence-electron chi connectivity index (χ2n) is 6.62.